The van der Waals surface area contributed by atoms with Gasteiger partial charge in [0.05, 0.1) is 13.5 Å². The summed E-state index contributed by atoms with van der Waals surface area (Å²) in [5, 5.41) is 7.16. The highest BCUT2D eigenvalue weighted by atomic mass is 35.5. The van der Waals surface area contributed by atoms with Crippen LogP contribution in [0.3, 0.4) is 0 Å². The maximum atomic E-state index is 13.6. The van der Waals surface area contributed by atoms with E-state index in [1.54, 1.807) is 24.3 Å². The molecule has 0 N–H and O–H groups in total. The van der Waals surface area contributed by atoms with E-state index in [9.17, 15) is 18.0 Å². The van der Waals surface area contributed by atoms with Crippen LogP contribution in [0.1, 0.15) is 35.2 Å². The lowest BCUT2D eigenvalue weighted by molar-refractivity contribution is -0.141. The number of benzene rings is 4. The SMILES string of the molecule is CN1CCC(Oc2cc(-c3ccc(OCc4ccccc4)cc3)c(C(F)(F)F)nn2)CC1.COC(=O)Cc1ccc(OCc2ccccc2)cc1.Cl.Cl. The first-order valence-corrected chi connectivity index (χ1v) is 16.6. The number of piperidine rings is 1. The van der Waals surface area contributed by atoms with Crippen molar-refractivity contribution in [3.05, 3.63) is 138 Å². The normalized spacial score (nSPS) is 12.9. The Morgan fingerprint density at radius 3 is 1.74 bits per heavy atom. The van der Waals surface area contributed by atoms with E-state index in [0.717, 1.165) is 48.4 Å². The molecule has 53 heavy (non-hydrogen) atoms. The number of carbonyl (C=O) groups excluding carboxylic acids is 1. The molecule has 0 unspecified atom stereocenters. The summed E-state index contributed by atoms with van der Waals surface area (Å²) in [7, 11) is 3.42. The zero-order valence-electron chi connectivity index (χ0n) is 29.3. The second-order valence-electron chi connectivity index (χ2n) is 12.0. The Balaban J connectivity index is 0.000000310. The Kier molecular flexibility index (Phi) is 16.9. The lowest BCUT2D eigenvalue weighted by atomic mass is 10.0. The van der Waals surface area contributed by atoms with Crippen LogP contribution in [0.15, 0.2) is 115 Å². The fourth-order valence-corrected chi connectivity index (χ4v) is 5.29. The first-order valence-electron chi connectivity index (χ1n) is 16.6. The van der Waals surface area contributed by atoms with E-state index in [2.05, 4.69) is 19.8 Å². The van der Waals surface area contributed by atoms with Crippen molar-refractivity contribution in [1.82, 2.24) is 15.1 Å². The third kappa shape index (κ3) is 13.6. The Hall–Kier alpha value is -4.84. The van der Waals surface area contributed by atoms with Crippen LogP contribution in [-0.2, 0) is 35.3 Å². The van der Waals surface area contributed by atoms with Crippen molar-refractivity contribution in [2.45, 2.75) is 44.8 Å². The van der Waals surface area contributed by atoms with Gasteiger partial charge in [-0.25, -0.2) is 0 Å². The molecule has 0 bridgehead atoms. The van der Waals surface area contributed by atoms with Crippen molar-refractivity contribution in [2.75, 3.05) is 27.2 Å². The molecular formula is C40H42Cl2F3N3O5. The molecule has 13 heteroatoms. The predicted octanol–water partition coefficient (Wildman–Crippen LogP) is 9.04. The second kappa shape index (κ2) is 21.0. The summed E-state index contributed by atoms with van der Waals surface area (Å²) >= 11 is 0. The second-order valence-corrected chi connectivity index (χ2v) is 12.0. The zero-order chi connectivity index (χ0) is 36.1. The monoisotopic (exact) mass is 771 g/mol. The van der Waals surface area contributed by atoms with Crippen molar-refractivity contribution in [3.63, 3.8) is 0 Å². The minimum Gasteiger partial charge on any atom is -0.489 e. The molecule has 0 aliphatic carbocycles. The van der Waals surface area contributed by atoms with Gasteiger partial charge in [0.1, 0.15) is 30.8 Å². The van der Waals surface area contributed by atoms with E-state index in [1.807, 2.05) is 92.0 Å². The van der Waals surface area contributed by atoms with Gasteiger partial charge >= 0.3 is 12.1 Å². The summed E-state index contributed by atoms with van der Waals surface area (Å²) in [5.74, 6) is 1.22. The van der Waals surface area contributed by atoms with Gasteiger partial charge in [0.15, 0.2) is 5.69 Å². The molecule has 0 radical (unpaired) electrons. The number of likely N-dealkylation sites (tertiary alicyclic amines) is 1. The van der Waals surface area contributed by atoms with Crippen LogP contribution >= 0.6 is 24.8 Å². The third-order valence-corrected chi connectivity index (χ3v) is 8.15. The highest BCUT2D eigenvalue weighted by molar-refractivity contribution is 5.85. The van der Waals surface area contributed by atoms with Crippen LogP contribution in [-0.4, -0.2) is 54.4 Å². The fourth-order valence-electron chi connectivity index (χ4n) is 5.29. The highest BCUT2D eigenvalue weighted by Gasteiger charge is 2.37. The van der Waals surface area contributed by atoms with E-state index in [0.29, 0.717) is 24.5 Å². The van der Waals surface area contributed by atoms with E-state index >= 15 is 0 Å². The van der Waals surface area contributed by atoms with Crippen molar-refractivity contribution < 1.29 is 36.9 Å². The number of rotatable bonds is 11. The number of halogens is 5. The molecule has 5 aromatic rings. The van der Waals surface area contributed by atoms with E-state index in [-0.39, 0.29) is 54.8 Å². The lowest BCUT2D eigenvalue weighted by Gasteiger charge is -2.29. The summed E-state index contributed by atoms with van der Waals surface area (Å²) in [4.78, 5) is 13.3. The molecule has 1 aromatic heterocycles. The van der Waals surface area contributed by atoms with E-state index in [1.165, 1.54) is 13.2 Å². The number of alkyl halides is 3. The van der Waals surface area contributed by atoms with Crippen LogP contribution in [0, 0.1) is 0 Å². The maximum Gasteiger partial charge on any atom is 0.435 e. The Labute approximate surface area is 320 Å². The fraction of sp³-hybridized carbons (Fsp3) is 0.275. The standard InChI is InChI=1S/C24H24F3N3O2.C16H16O3.2ClH/c1-30-13-11-20(12-14-30)32-22-15-21(23(29-28-22)24(25,26)27)18-7-9-19(10-8-18)31-16-17-5-3-2-4-6-17;1-18-16(17)11-13-7-9-15(10-8-13)19-12-14-5-3-2-4-6-14;;/h2-10,15,20H,11-14,16H2,1H3;2-10H,11-12H2,1H3;2*1H. The Morgan fingerprint density at radius 1 is 0.736 bits per heavy atom. The van der Waals surface area contributed by atoms with Crippen molar-refractivity contribution in [2.24, 2.45) is 0 Å². The van der Waals surface area contributed by atoms with E-state index < -0.39 is 11.9 Å². The minimum absolute atomic E-state index is 0. The molecule has 4 aromatic carbocycles. The van der Waals surface area contributed by atoms with Gasteiger partial charge in [0.2, 0.25) is 5.88 Å². The number of hydrogen-bond donors (Lipinski definition) is 0. The van der Waals surface area contributed by atoms with Gasteiger partial charge in [-0.2, -0.15) is 13.2 Å². The maximum absolute atomic E-state index is 13.6. The summed E-state index contributed by atoms with van der Waals surface area (Å²) in [6.07, 6.45) is -2.84. The molecule has 282 valence electrons. The van der Waals surface area contributed by atoms with Crippen molar-refractivity contribution >= 4 is 30.8 Å². The predicted molar refractivity (Wildman–Crippen MR) is 202 cm³/mol. The molecular weight excluding hydrogens is 730 g/mol. The molecule has 1 aliphatic rings. The largest absolute Gasteiger partial charge is 0.489 e. The van der Waals surface area contributed by atoms with Gasteiger partial charge in [-0.3, -0.25) is 4.79 Å². The molecule has 1 fully saturated rings. The number of esters is 1. The van der Waals surface area contributed by atoms with Crippen LogP contribution < -0.4 is 14.2 Å². The average molecular weight is 773 g/mol. The number of hydrogen-bond acceptors (Lipinski definition) is 8. The van der Waals surface area contributed by atoms with Crippen molar-refractivity contribution in [3.8, 4) is 28.5 Å². The van der Waals surface area contributed by atoms with Gasteiger partial charge in [-0.15, -0.1) is 35.0 Å². The summed E-state index contributed by atoms with van der Waals surface area (Å²) < 4.78 is 62.6. The molecule has 6 rings (SSSR count). The molecule has 0 atom stereocenters. The van der Waals surface area contributed by atoms with Crippen LogP contribution in [0.4, 0.5) is 13.2 Å². The topological polar surface area (TPSA) is 83.0 Å². The summed E-state index contributed by atoms with van der Waals surface area (Å²) in [6.45, 7) is 2.66. The number of aromatic nitrogens is 2. The first-order chi connectivity index (χ1) is 24.7. The molecule has 1 saturated heterocycles. The van der Waals surface area contributed by atoms with Gasteiger partial charge in [0, 0.05) is 24.7 Å². The van der Waals surface area contributed by atoms with Crippen LogP contribution in [0.2, 0.25) is 0 Å². The molecule has 2 heterocycles. The van der Waals surface area contributed by atoms with Gasteiger partial charge in [-0.1, -0.05) is 84.9 Å². The Morgan fingerprint density at radius 2 is 1.25 bits per heavy atom. The van der Waals surface area contributed by atoms with Gasteiger partial charge in [-0.05, 0) is 66.4 Å². The third-order valence-electron chi connectivity index (χ3n) is 8.15. The zero-order valence-corrected chi connectivity index (χ0v) is 31.0. The highest BCUT2D eigenvalue weighted by Crippen LogP contribution is 2.37. The van der Waals surface area contributed by atoms with E-state index in [4.69, 9.17) is 14.2 Å². The molecule has 0 saturated carbocycles. The van der Waals surface area contributed by atoms with Crippen LogP contribution in [0.25, 0.3) is 11.1 Å². The van der Waals surface area contributed by atoms with Gasteiger partial charge < -0.3 is 23.8 Å². The van der Waals surface area contributed by atoms with Crippen molar-refractivity contribution in [1.29, 1.82) is 0 Å². The molecule has 0 amide bonds. The molecule has 0 spiro atoms. The lowest BCUT2D eigenvalue weighted by Crippen LogP contribution is -2.35. The quantitative estimate of drug-likeness (QED) is 0.123. The number of ether oxygens (including phenoxy) is 4. The molecule has 8 nitrogen and oxygen atoms in total. The smallest absolute Gasteiger partial charge is 0.435 e. The van der Waals surface area contributed by atoms with Gasteiger partial charge in [0.25, 0.3) is 0 Å². The number of nitrogens with zero attached hydrogens (tertiary/aromatic N) is 3. The number of carbonyl (C=O) groups is 1. The van der Waals surface area contributed by atoms with Crippen LogP contribution in [0.5, 0.6) is 17.4 Å². The first kappa shape index (κ1) is 42.6. The number of methoxy groups -OCH3 is 1. The Bertz CT molecular complexity index is 1810. The summed E-state index contributed by atoms with van der Waals surface area (Å²) in [5.41, 5.74) is 2.31. The molecule has 1 aliphatic heterocycles. The minimum atomic E-state index is -4.63. The average Bonchev–Trinajstić information content (AvgIpc) is 3.15. The summed E-state index contributed by atoms with van der Waals surface area (Å²) in [6, 6.07) is 34.9.